The van der Waals surface area contributed by atoms with Crippen molar-refractivity contribution in [1.82, 2.24) is 4.98 Å². The third-order valence-corrected chi connectivity index (χ3v) is 4.11. The van der Waals surface area contributed by atoms with Crippen molar-refractivity contribution < 1.29 is 14.3 Å². The predicted molar refractivity (Wildman–Crippen MR) is 95.2 cm³/mol. The normalized spacial score (nSPS) is 12.0. The smallest absolute Gasteiger partial charge is 0.255 e. The second kappa shape index (κ2) is 6.45. The van der Waals surface area contributed by atoms with Crippen LogP contribution in [0.3, 0.4) is 0 Å². The number of anilines is 1. The van der Waals surface area contributed by atoms with Gasteiger partial charge in [-0.2, -0.15) is 0 Å². The fraction of sp³-hybridized carbons (Fsp3) is 0.0526. The highest BCUT2D eigenvalue weighted by atomic mass is 35.5. The van der Waals surface area contributed by atoms with E-state index in [2.05, 4.69) is 10.3 Å². The van der Waals surface area contributed by atoms with Gasteiger partial charge in [0.05, 0.1) is 10.7 Å². The van der Waals surface area contributed by atoms with Gasteiger partial charge in [-0.15, -0.1) is 0 Å². The highest BCUT2D eigenvalue weighted by Crippen LogP contribution is 2.34. The molecule has 124 valence electrons. The number of carbonyl (C=O) groups is 1. The van der Waals surface area contributed by atoms with Crippen LogP contribution in [0.2, 0.25) is 5.02 Å². The van der Waals surface area contributed by atoms with E-state index in [0.29, 0.717) is 33.5 Å². The van der Waals surface area contributed by atoms with Gasteiger partial charge in [-0.25, -0.2) is 0 Å². The number of aromatic nitrogens is 1. The SMILES string of the molecule is O=C(Nc1ccc2c(c1)OCO2)c1ccc(-c2ncccc2Cl)cc1. The number of nitrogens with one attached hydrogen (secondary N) is 1. The van der Waals surface area contributed by atoms with Crippen molar-refractivity contribution >= 4 is 23.2 Å². The van der Waals surface area contributed by atoms with E-state index >= 15 is 0 Å². The number of benzene rings is 2. The lowest BCUT2D eigenvalue weighted by Gasteiger charge is -2.07. The highest BCUT2D eigenvalue weighted by Gasteiger charge is 2.15. The number of fused-ring (bicyclic) bond motifs is 1. The summed E-state index contributed by atoms with van der Waals surface area (Å²) in [5.41, 5.74) is 2.72. The van der Waals surface area contributed by atoms with Gasteiger partial charge in [0.15, 0.2) is 11.5 Å². The van der Waals surface area contributed by atoms with Crippen LogP contribution in [0.25, 0.3) is 11.3 Å². The standard InChI is InChI=1S/C19H13ClN2O3/c20-15-2-1-9-21-18(15)12-3-5-13(6-4-12)19(23)22-14-7-8-16-17(10-14)25-11-24-16/h1-10H,11H2,(H,22,23). The zero-order chi connectivity index (χ0) is 17.2. The van der Waals surface area contributed by atoms with Gasteiger partial charge in [0.1, 0.15) is 0 Å². The molecule has 6 heteroatoms. The van der Waals surface area contributed by atoms with E-state index in [1.54, 1.807) is 48.7 Å². The molecule has 0 aliphatic carbocycles. The van der Waals surface area contributed by atoms with Crippen molar-refractivity contribution in [1.29, 1.82) is 0 Å². The number of rotatable bonds is 3. The average molecular weight is 353 g/mol. The van der Waals surface area contributed by atoms with E-state index < -0.39 is 0 Å². The van der Waals surface area contributed by atoms with E-state index in [4.69, 9.17) is 21.1 Å². The first-order chi connectivity index (χ1) is 12.2. The van der Waals surface area contributed by atoms with E-state index in [1.807, 2.05) is 12.1 Å². The monoisotopic (exact) mass is 352 g/mol. The molecule has 0 saturated carbocycles. The number of ether oxygens (including phenoxy) is 2. The predicted octanol–water partition coefficient (Wildman–Crippen LogP) is 4.38. The second-order valence-corrected chi connectivity index (χ2v) is 5.84. The number of halogens is 1. The molecule has 3 aromatic rings. The minimum atomic E-state index is -0.211. The number of hydrogen-bond donors (Lipinski definition) is 1. The van der Waals surface area contributed by atoms with Gasteiger partial charge in [-0.3, -0.25) is 9.78 Å². The average Bonchev–Trinajstić information content (AvgIpc) is 3.10. The fourth-order valence-electron chi connectivity index (χ4n) is 2.56. The number of pyridine rings is 1. The van der Waals surface area contributed by atoms with Crippen molar-refractivity contribution in [2.24, 2.45) is 0 Å². The molecule has 1 N–H and O–H groups in total. The summed E-state index contributed by atoms with van der Waals surface area (Å²) in [6.07, 6.45) is 1.68. The summed E-state index contributed by atoms with van der Waals surface area (Å²) in [5.74, 6) is 1.09. The molecular weight excluding hydrogens is 340 g/mol. The lowest BCUT2D eigenvalue weighted by molar-refractivity contribution is 0.102. The Labute approximate surface area is 149 Å². The maximum Gasteiger partial charge on any atom is 0.255 e. The molecule has 0 spiro atoms. The Balaban J connectivity index is 1.52. The van der Waals surface area contributed by atoms with Gasteiger partial charge in [0, 0.05) is 29.1 Å². The molecule has 0 bridgehead atoms. The Hall–Kier alpha value is -3.05. The van der Waals surface area contributed by atoms with E-state index in [9.17, 15) is 4.79 Å². The van der Waals surface area contributed by atoms with E-state index in [-0.39, 0.29) is 12.7 Å². The Bertz CT molecular complexity index is 942. The molecule has 2 aromatic carbocycles. The summed E-state index contributed by atoms with van der Waals surface area (Å²) in [4.78, 5) is 16.7. The quantitative estimate of drug-likeness (QED) is 0.759. The third-order valence-electron chi connectivity index (χ3n) is 3.81. The molecule has 2 heterocycles. The molecule has 0 radical (unpaired) electrons. The van der Waals surface area contributed by atoms with Gasteiger partial charge in [-0.05, 0) is 36.4 Å². The summed E-state index contributed by atoms with van der Waals surface area (Å²) in [5, 5.41) is 3.41. The van der Waals surface area contributed by atoms with E-state index in [0.717, 1.165) is 5.56 Å². The van der Waals surface area contributed by atoms with E-state index in [1.165, 1.54) is 0 Å². The van der Waals surface area contributed by atoms with Gasteiger partial charge < -0.3 is 14.8 Å². The first kappa shape index (κ1) is 15.5. The Kier molecular flexibility index (Phi) is 3.99. The molecule has 1 amide bonds. The maximum atomic E-state index is 12.4. The van der Waals surface area contributed by atoms with Gasteiger partial charge >= 0.3 is 0 Å². The summed E-state index contributed by atoms with van der Waals surface area (Å²) in [6, 6.07) is 16.0. The van der Waals surface area contributed by atoms with Crippen LogP contribution in [-0.4, -0.2) is 17.7 Å². The van der Waals surface area contributed by atoms with Crippen molar-refractivity contribution in [3.05, 3.63) is 71.4 Å². The highest BCUT2D eigenvalue weighted by molar-refractivity contribution is 6.33. The number of carbonyl (C=O) groups excluding carboxylic acids is 1. The Morgan fingerprint density at radius 1 is 1.04 bits per heavy atom. The fourth-order valence-corrected chi connectivity index (χ4v) is 2.79. The van der Waals surface area contributed by atoms with Crippen molar-refractivity contribution in [3.8, 4) is 22.8 Å². The summed E-state index contributed by atoms with van der Waals surface area (Å²) in [6.45, 7) is 0.199. The first-order valence-electron chi connectivity index (χ1n) is 7.63. The minimum absolute atomic E-state index is 0.199. The van der Waals surface area contributed by atoms with Gasteiger partial charge in [-0.1, -0.05) is 23.7 Å². The topological polar surface area (TPSA) is 60.5 Å². The third kappa shape index (κ3) is 3.14. The zero-order valence-electron chi connectivity index (χ0n) is 13.0. The van der Waals surface area contributed by atoms with Crippen LogP contribution in [0.15, 0.2) is 60.8 Å². The number of nitrogens with zero attached hydrogens (tertiary/aromatic N) is 1. The largest absolute Gasteiger partial charge is 0.454 e. The molecule has 4 rings (SSSR count). The zero-order valence-corrected chi connectivity index (χ0v) is 13.8. The molecule has 1 aliphatic heterocycles. The van der Waals surface area contributed by atoms with Crippen LogP contribution >= 0.6 is 11.6 Å². The molecule has 1 aliphatic rings. The van der Waals surface area contributed by atoms with Crippen LogP contribution in [0.4, 0.5) is 5.69 Å². The Morgan fingerprint density at radius 3 is 2.64 bits per heavy atom. The molecule has 1 aromatic heterocycles. The molecule has 0 saturated heterocycles. The number of hydrogen-bond acceptors (Lipinski definition) is 4. The minimum Gasteiger partial charge on any atom is -0.454 e. The van der Waals surface area contributed by atoms with Crippen molar-refractivity contribution in [2.45, 2.75) is 0 Å². The van der Waals surface area contributed by atoms with Crippen LogP contribution in [0.1, 0.15) is 10.4 Å². The summed E-state index contributed by atoms with van der Waals surface area (Å²) in [7, 11) is 0. The summed E-state index contributed by atoms with van der Waals surface area (Å²) >= 11 is 6.15. The molecule has 5 nitrogen and oxygen atoms in total. The Morgan fingerprint density at radius 2 is 1.84 bits per heavy atom. The lowest BCUT2D eigenvalue weighted by atomic mass is 10.1. The molecule has 0 unspecified atom stereocenters. The lowest BCUT2D eigenvalue weighted by Crippen LogP contribution is -2.11. The second-order valence-electron chi connectivity index (χ2n) is 5.43. The molecule has 0 atom stereocenters. The molecular formula is C19H13ClN2O3. The van der Waals surface area contributed by atoms with Crippen LogP contribution in [0, 0.1) is 0 Å². The first-order valence-corrected chi connectivity index (χ1v) is 8.00. The van der Waals surface area contributed by atoms with Gasteiger partial charge in [0.2, 0.25) is 6.79 Å². The van der Waals surface area contributed by atoms with Crippen molar-refractivity contribution in [2.75, 3.05) is 12.1 Å². The molecule has 25 heavy (non-hydrogen) atoms. The molecule has 0 fully saturated rings. The van der Waals surface area contributed by atoms with Crippen LogP contribution in [-0.2, 0) is 0 Å². The van der Waals surface area contributed by atoms with Crippen LogP contribution in [0.5, 0.6) is 11.5 Å². The van der Waals surface area contributed by atoms with Gasteiger partial charge in [0.25, 0.3) is 5.91 Å². The summed E-state index contributed by atoms with van der Waals surface area (Å²) < 4.78 is 10.6. The maximum absolute atomic E-state index is 12.4. The van der Waals surface area contributed by atoms with Crippen LogP contribution < -0.4 is 14.8 Å². The van der Waals surface area contributed by atoms with Crippen molar-refractivity contribution in [3.63, 3.8) is 0 Å². The number of amides is 1.